The van der Waals surface area contributed by atoms with Crippen molar-refractivity contribution in [1.29, 1.82) is 0 Å². The minimum Gasteiger partial charge on any atom is -0.497 e. The number of benzene rings is 2. The van der Waals surface area contributed by atoms with Crippen LogP contribution in [0.15, 0.2) is 48.5 Å². The van der Waals surface area contributed by atoms with Crippen molar-refractivity contribution in [2.45, 2.75) is 25.2 Å². The van der Waals surface area contributed by atoms with E-state index in [-0.39, 0.29) is 18.4 Å². The fourth-order valence-electron chi connectivity index (χ4n) is 2.78. The summed E-state index contributed by atoms with van der Waals surface area (Å²) >= 11 is 0. The Labute approximate surface area is 151 Å². The van der Waals surface area contributed by atoms with E-state index in [0.29, 0.717) is 17.7 Å². The van der Waals surface area contributed by atoms with Crippen LogP contribution >= 0.6 is 0 Å². The van der Waals surface area contributed by atoms with E-state index in [0.717, 1.165) is 5.56 Å². The quantitative estimate of drug-likeness (QED) is 0.758. The van der Waals surface area contributed by atoms with Gasteiger partial charge in [-0.2, -0.15) is 0 Å². The smallest absolute Gasteiger partial charge is 0.312 e. The molecular weight excluding hydrogens is 337 g/mol. The Kier molecular flexibility index (Phi) is 6.72. The fraction of sp³-hybridized carbons (Fsp3) is 0.300. The highest BCUT2D eigenvalue weighted by Crippen LogP contribution is 2.23. The molecule has 0 aliphatic rings. The lowest BCUT2D eigenvalue weighted by molar-refractivity contribution is -0.138. The van der Waals surface area contributed by atoms with Gasteiger partial charge < -0.3 is 15.2 Å². The predicted molar refractivity (Wildman–Crippen MR) is 95.8 cm³/mol. The zero-order valence-corrected chi connectivity index (χ0v) is 14.7. The maximum Gasteiger partial charge on any atom is 0.312 e. The Morgan fingerprint density at radius 3 is 2.08 bits per heavy atom. The molecule has 0 spiro atoms. The molecule has 6 heteroatoms. The highest BCUT2D eigenvalue weighted by molar-refractivity contribution is 5.85. The van der Waals surface area contributed by atoms with Gasteiger partial charge in [0, 0.05) is 6.54 Å². The first-order valence-electron chi connectivity index (χ1n) is 8.36. The first-order valence-corrected chi connectivity index (χ1v) is 8.36. The van der Waals surface area contributed by atoms with Crippen LogP contribution in [0.1, 0.15) is 36.3 Å². The molecule has 2 aromatic carbocycles. The largest absolute Gasteiger partial charge is 0.497 e. The maximum atomic E-state index is 13.0. The minimum atomic E-state index is -1.07. The van der Waals surface area contributed by atoms with Crippen molar-refractivity contribution >= 4 is 11.9 Å². The number of ether oxygens (including phenoxy) is 1. The average molecular weight is 359 g/mol. The molecule has 26 heavy (non-hydrogen) atoms. The van der Waals surface area contributed by atoms with Crippen LogP contribution in [-0.2, 0) is 9.59 Å². The number of carbonyl (C=O) groups excluding carboxylic acids is 1. The first-order chi connectivity index (χ1) is 12.5. The van der Waals surface area contributed by atoms with E-state index < -0.39 is 17.7 Å². The van der Waals surface area contributed by atoms with Crippen molar-refractivity contribution in [2.75, 3.05) is 13.7 Å². The monoisotopic (exact) mass is 359 g/mol. The van der Waals surface area contributed by atoms with Gasteiger partial charge in [-0.3, -0.25) is 9.59 Å². The SMILES string of the molecule is CCC(C(=O)NCC(C(=O)O)c1ccc(F)cc1)c1ccc(OC)cc1. The van der Waals surface area contributed by atoms with Crippen LogP contribution in [0.4, 0.5) is 4.39 Å². The number of halogens is 1. The number of hydrogen-bond donors (Lipinski definition) is 2. The van der Waals surface area contributed by atoms with Crippen molar-refractivity contribution in [2.24, 2.45) is 0 Å². The molecule has 2 unspecified atom stereocenters. The highest BCUT2D eigenvalue weighted by atomic mass is 19.1. The number of hydrogen-bond acceptors (Lipinski definition) is 3. The molecule has 0 saturated carbocycles. The second-order valence-corrected chi connectivity index (χ2v) is 5.92. The van der Waals surface area contributed by atoms with Crippen LogP contribution in [0, 0.1) is 5.82 Å². The second-order valence-electron chi connectivity index (χ2n) is 5.92. The summed E-state index contributed by atoms with van der Waals surface area (Å²) in [4.78, 5) is 24.1. The molecule has 0 saturated heterocycles. The molecule has 2 N–H and O–H groups in total. The van der Waals surface area contributed by atoms with Crippen molar-refractivity contribution in [3.05, 3.63) is 65.5 Å². The van der Waals surface area contributed by atoms with Gasteiger partial charge in [-0.15, -0.1) is 0 Å². The highest BCUT2D eigenvalue weighted by Gasteiger charge is 2.24. The van der Waals surface area contributed by atoms with Crippen molar-refractivity contribution < 1.29 is 23.8 Å². The molecule has 2 rings (SSSR count). The lowest BCUT2D eigenvalue weighted by Gasteiger charge is -2.18. The van der Waals surface area contributed by atoms with Gasteiger partial charge >= 0.3 is 5.97 Å². The zero-order valence-electron chi connectivity index (χ0n) is 14.7. The van der Waals surface area contributed by atoms with Gasteiger partial charge in [0.15, 0.2) is 0 Å². The van der Waals surface area contributed by atoms with Crippen molar-refractivity contribution in [3.8, 4) is 5.75 Å². The molecule has 138 valence electrons. The fourth-order valence-corrected chi connectivity index (χ4v) is 2.78. The lowest BCUT2D eigenvalue weighted by atomic mass is 9.94. The van der Waals surface area contributed by atoms with Crippen LogP contribution in [-0.4, -0.2) is 30.6 Å². The normalized spacial score (nSPS) is 12.9. The Balaban J connectivity index is 2.07. The van der Waals surface area contributed by atoms with Gasteiger partial charge in [-0.05, 0) is 41.8 Å². The molecule has 0 aliphatic carbocycles. The van der Waals surface area contributed by atoms with Gasteiger partial charge in [-0.1, -0.05) is 31.2 Å². The molecule has 0 radical (unpaired) electrons. The average Bonchev–Trinajstić information content (AvgIpc) is 2.64. The van der Waals surface area contributed by atoms with Gasteiger partial charge in [0.2, 0.25) is 5.91 Å². The molecule has 0 heterocycles. The van der Waals surface area contributed by atoms with Gasteiger partial charge in [0.25, 0.3) is 0 Å². The van der Waals surface area contributed by atoms with Gasteiger partial charge in [0.05, 0.1) is 18.9 Å². The van der Waals surface area contributed by atoms with E-state index in [2.05, 4.69) is 5.32 Å². The van der Waals surface area contributed by atoms with E-state index in [1.54, 1.807) is 19.2 Å². The zero-order chi connectivity index (χ0) is 19.1. The summed E-state index contributed by atoms with van der Waals surface area (Å²) < 4.78 is 18.1. The molecular formula is C20H22FNO4. The standard InChI is InChI=1S/C20H22FNO4/c1-3-17(13-6-10-16(26-2)11-7-13)19(23)22-12-18(20(24)25)14-4-8-15(21)9-5-14/h4-11,17-18H,3,12H2,1-2H3,(H,22,23)(H,24,25). The van der Waals surface area contributed by atoms with E-state index in [9.17, 15) is 19.1 Å². The third-order valence-electron chi connectivity index (χ3n) is 4.29. The van der Waals surface area contributed by atoms with Crippen LogP contribution in [0.25, 0.3) is 0 Å². The number of carboxylic acid groups (broad SMARTS) is 1. The summed E-state index contributed by atoms with van der Waals surface area (Å²) in [7, 11) is 1.57. The maximum absolute atomic E-state index is 13.0. The van der Waals surface area contributed by atoms with Crippen molar-refractivity contribution in [1.82, 2.24) is 5.32 Å². The predicted octanol–water partition coefficient (Wildman–Crippen LogP) is 3.31. The molecule has 0 aromatic heterocycles. The second kappa shape index (κ2) is 8.99. The van der Waals surface area contributed by atoms with Crippen LogP contribution in [0.3, 0.4) is 0 Å². The molecule has 0 bridgehead atoms. The summed E-state index contributed by atoms with van der Waals surface area (Å²) in [6, 6.07) is 12.5. The lowest BCUT2D eigenvalue weighted by Crippen LogP contribution is -2.35. The summed E-state index contributed by atoms with van der Waals surface area (Å²) in [5, 5.41) is 12.1. The number of amides is 1. The van der Waals surface area contributed by atoms with E-state index in [4.69, 9.17) is 4.74 Å². The molecule has 1 amide bonds. The van der Waals surface area contributed by atoms with Gasteiger partial charge in [0.1, 0.15) is 11.6 Å². The molecule has 2 atom stereocenters. The topological polar surface area (TPSA) is 75.6 Å². The number of rotatable bonds is 8. The Morgan fingerprint density at radius 2 is 1.58 bits per heavy atom. The third kappa shape index (κ3) is 4.81. The number of carbonyl (C=O) groups is 2. The number of methoxy groups -OCH3 is 1. The summed E-state index contributed by atoms with van der Waals surface area (Å²) in [6.07, 6.45) is 0.576. The Morgan fingerprint density at radius 1 is 1.04 bits per heavy atom. The Hall–Kier alpha value is -2.89. The Bertz CT molecular complexity index is 743. The summed E-state index contributed by atoms with van der Waals surface area (Å²) in [6.45, 7) is 1.83. The molecule has 5 nitrogen and oxygen atoms in total. The van der Waals surface area contributed by atoms with E-state index in [1.807, 2.05) is 19.1 Å². The number of carboxylic acids is 1. The molecule has 2 aromatic rings. The van der Waals surface area contributed by atoms with Crippen LogP contribution in [0.5, 0.6) is 5.75 Å². The molecule has 0 aliphatic heterocycles. The van der Waals surface area contributed by atoms with E-state index >= 15 is 0 Å². The first kappa shape index (κ1) is 19.4. The third-order valence-corrected chi connectivity index (χ3v) is 4.29. The van der Waals surface area contributed by atoms with Gasteiger partial charge in [-0.25, -0.2) is 4.39 Å². The van der Waals surface area contributed by atoms with Crippen LogP contribution in [0.2, 0.25) is 0 Å². The van der Waals surface area contributed by atoms with Crippen molar-refractivity contribution in [3.63, 3.8) is 0 Å². The number of nitrogens with one attached hydrogen (secondary N) is 1. The molecule has 0 fully saturated rings. The minimum absolute atomic E-state index is 0.0630. The summed E-state index contributed by atoms with van der Waals surface area (Å²) in [5.74, 6) is -2.38. The summed E-state index contributed by atoms with van der Waals surface area (Å²) in [5.41, 5.74) is 1.27. The van der Waals surface area contributed by atoms with Crippen LogP contribution < -0.4 is 10.1 Å². The van der Waals surface area contributed by atoms with E-state index in [1.165, 1.54) is 24.3 Å². The number of aliphatic carboxylic acids is 1.